The van der Waals surface area contributed by atoms with E-state index in [0.717, 1.165) is 60.5 Å². The summed E-state index contributed by atoms with van der Waals surface area (Å²) in [5.41, 5.74) is 11.8. The van der Waals surface area contributed by atoms with Crippen LogP contribution >= 0.6 is 12.4 Å². The number of fused-ring (bicyclic) bond motifs is 1. The lowest BCUT2D eigenvalue weighted by Gasteiger charge is -2.26. The molecule has 2 saturated carbocycles. The van der Waals surface area contributed by atoms with Gasteiger partial charge in [0.05, 0.1) is 17.7 Å². The molecule has 0 radical (unpaired) electrons. The van der Waals surface area contributed by atoms with Crippen LogP contribution in [0.25, 0.3) is 22.3 Å². The van der Waals surface area contributed by atoms with Gasteiger partial charge in [0.2, 0.25) is 0 Å². The van der Waals surface area contributed by atoms with Crippen LogP contribution in [0, 0.1) is 12.8 Å². The van der Waals surface area contributed by atoms with Crippen LogP contribution in [-0.4, -0.2) is 39.5 Å². The zero-order valence-electron chi connectivity index (χ0n) is 20.8. The first-order chi connectivity index (χ1) is 16.4. The molecule has 0 spiro atoms. The highest BCUT2D eigenvalue weighted by Gasteiger charge is 2.26. The van der Waals surface area contributed by atoms with Crippen molar-refractivity contribution < 1.29 is 9.53 Å². The number of ether oxygens (including phenoxy) is 1. The van der Waals surface area contributed by atoms with E-state index < -0.39 is 0 Å². The number of benzene rings is 1. The largest absolute Gasteiger partial charge is 0.493 e. The van der Waals surface area contributed by atoms with Crippen molar-refractivity contribution in [3.8, 4) is 17.0 Å². The molecule has 0 unspecified atom stereocenters. The molecule has 2 aliphatic rings. The lowest BCUT2D eigenvalue weighted by molar-refractivity contribution is 0.0927. The quantitative estimate of drug-likeness (QED) is 0.412. The third-order valence-corrected chi connectivity index (χ3v) is 7.20. The summed E-state index contributed by atoms with van der Waals surface area (Å²) in [6.45, 7) is 7.01. The first-order valence-corrected chi connectivity index (χ1v) is 12.6. The van der Waals surface area contributed by atoms with Gasteiger partial charge < -0.3 is 20.8 Å². The van der Waals surface area contributed by atoms with Crippen LogP contribution in [0.1, 0.15) is 79.9 Å². The van der Waals surface area contributed by atoms with E-state index in [9.17, 15) is 4.79 Å². The Morgan fingerprint density at radius 1 is 1.17 bits per heavy atom. The van der Waals surface area contributed by atoms with E-state index in [1.165, 1.54) is 18.4 Å². The fraction of sp³-hybridized carbons (Fsp3) is 0.519. The van der Waals surface area contributed by atoms with E-state index in [4.69, 9.17) is 10.5 Å². The molecular weight excluding hydrogens is 462 g/mol. The van der Waals surface area contributed by atoms with E-state index in [-0.39, 0.29) is 30.4 Å². The Kier molecular flexibility index (Phi) is 7.67. The molecule has 4 N–H and O–H groups in total. The van der Waals surface area contributed by atoms with E-state index >= 15 is 0 Å². The number of carbonyl (C=O) groups excluding carboxylic acids is 1. The van der Waals surface area contributed by atoms with Crippen LogP contribution in [0.15, 0.2) is 24.5 Å². The van der Waals surface area contributed by atoms with Gasteiger partial charge >= 0.3 is 0 Å². The van der Waals surface area contributed by atoms with Gasteiger partial charge in [0, 0.05) is 23.3 Å². The van der Waals surface area contributed by atoms with Crippen molar-refractivity contribution in [1.82, 2.24) is 20.3 Å². The second-order valence-electron chi connectivity index (χ2n) is 10.3. The molecule has 3 aromatic rings. The van der Waals surface area contributed by atoms with Crippen LogP contribution in [0.3, 0.4) is 0 Å². The summed E-state index contributed by atoms with van der Waals surface area (Å²) in [5, 5.41) is 3.21. The Morgan fingerprint density at radius 3 is 2.60 bits per heavy atom. The number of aromatic amines is 1. The second kappa shape index (κ2) is 10.5. The number of halogens is 1. The molecule has 1 aromatic carbocycles. The van der Waals surface area contributed by atoms with Crippen LogP contribution in [-0.2, 0) is 0 Å². The minimum atomic E-state index is -0.0880. The van der Waals surface area contributed by atoms with Crippen molar-refractivity contribution in [1.29, 1.82) is 0 Å². The number of nitrogens with zero attached hydrogens (tertiary/aromatic N) is 2. The SMILES string of the molecule is Cc1[nH]c2c(-c3cc(C(C)C)ccc3OCC3CC3)ncnc2c1C(=O)NC1CCC(N)CC1.Cl. The van der Waals surface area contributed by atoms with Gasteiger partial charge in [-0.05, 0) is 75.0 Å². The summed E-state index contributed by atoms with van der Waals surface area (Å²) in [5.74, 6) is 1.77. The normalized spacial score (nSPS) is 20.0. The van der Waals surface area contributed by atoms with Gasteiger partial charge in [0.25, 0.3) is 5.91 Å². The maximum Gasteiger partial charge on any atom is 0.255 e. The van der Waals surface area contributed by atoms with E-state index in [0.29, 0.717) is 22.9 Å². The molecule has 2 fully saturated rings. The summed E-state index contributed by atoms with van der Waals surface area (Å²) in [6.07, 6.45) is 7.74. The van der Waals surface area contributed by atoms with Crippen LogP contribution in [0.5, 0.6) is 5.75 Å². The number of hydrogen-bond donors (Lipinski definition) is 3. The Morgan fingerprint density at radius 2 is 1.91 bits per heavy atom. The van der Waals surface area contributed by atoms with Gasteiger partial charge in [0.1, 0.15) is 23.3 Å². The maximum absolute atomic E-state index is 13.3. The van der Waals surface area contributed by atoms with Crippen molar-refractivity contribution >= 4 is 29.3 Å². The summed E-state index contributed by atoms with van der Waals surface area (Å²) in [7, 11) is 0. The number of hydrogen-bond acceptors (Lipinski definition) is 5. The van der Waals surface area contributed by atoms with Gasteiger partial charge in [-0.1, -0.05) is 19.9 Å². The van der Waals surface area contributed by atoms with Crippen molar-refractivity contribution in [3.05, 3.63) is 41.3 Å². The number of nitrogens with two attached hydrogens (primary N) is 1. The summed E-state index contributed by atoms with van der Waals surface area (Å²) in [6, 6.07) is 6.75. The van der Waals surface area contributed by atoms with Crippen LogP contribution in [0.4, 0.5) is 0 Å². The molecular formula is C27H36ClN5O2. The average molecular weight is 498 g/mol. The van der Waals surface area contributed by atoms with Crippen molar-refractivity contribution in [3.63, 3.8) is 0 Å². The maximum atomic E-state index is 13.3. The van der Waals surface area contributed by atoms with Gasteiger partial charge in [-0.25, -0.2) is 9.97 Å². The minimum Gasteiger partial charge on any atom is -0.493 e. The predicted octanol–water partition coefficient (Wildman–Crippen LogP) is 5.27. The molecule has 2 aliphatic carbocycles. The first kappa shape index (κ1) is 25.5. The average Bonchev–Trinajstić information content (AvgIpc) is 3.58. The lowest BCUT2D eigenvalue weighted by atomic mass is 9.91. The number of nitrogens with one attached hydrogen (secondary N) is 2. The third-order valence-electron chi connectivity index (χ3n) is 7.20. The van der Waals surface area contributed by atoms with Gasteiger partial charge in [-0.3, -0.25) is 4.79 Å². The number of carbonyl (C=O) groups is 1. The standard InChI is InChI=1S/C27H35N5O2.ClH/c1-15(2)18-6-11-22(34-13-17-4-5-17)21(12-18)24-26-25(30-14-29-24)23(16(3)31-26)27(33)32-20-9-7-19(28)8-10-20;/h6,11-12,14-15,17,19-20,31H,4-5,7-10,13,28H2,1-3H3,(H,32,33);1H. The second-order valence-corrected chi connectivity index (χ2v) is 10.3. The minimum absolute atomic E-state index is 0. The van der Waals surface area contributed by atoms with Crippen LogP contribution < -0.4 is 15.8 Å². The monoisotopic (exact) mass is 497 g/mol. The van der Waals surface area contributed by atoms with E-state index in [2.05, 4.69) is 52.3 Å². The molecule has 5 rings (SSSR count). The number of rotatable bonds is 7. The molecule has 0 atom stereocenters. The fourth-order valence-corrected chi connectivity index (χ4v) is 4.83. The number of aromatic nitrogens is 3. The Labute approximate surface area is 213 Å². The van der Waals surface area contributed by atoms with Gasteiger partial charge in [0.15, 0.2) is 0 Å². The first-order valence-electron chi connectivity index (χ1n) is 12.6. The van der Waals surface area contributed by atoms with Crippen molar-refractivity contribution in [2.45, 2.75) is 77.3 Å². The molecule has 7 nitrogen and oxygen atoms in total. The van der Waals surface area contributed by atoms with Crippen molar-refractivity contribution in [2.75, 3.05) is 6.61 Å². The smallest absolute Gasteiger partial charge is 0.255 e. The summed E-state index contributed by atoms with van der Waals surface area (Å²) < 4.78 is 6.23. The molecule has 0 aliphatic heterocycles. The van der Waals surface area contributed by atoms with Gasteiger partial charge in [-0.2, -0.15) is 0 Å². The number of H-pyrrole nitrogens is 1. The molecule has 188 valence electrons. The Bertz CT molecular complexity index is 1200. The fourth-order valence-electron chi connectivity index (χ4n) is 4.83. The Balaban J connectivity index is 0.00000289. The molecule has 2 heterocycles. The molecule has 0 saturated heterocycles. The topological polar surface area (TPSA) is 106 Å². The highest BCUT2D eigenvalue weighted by molar-refractivity contribution is 6.09. The third kappa shape index (κ3) is 5.46. The van der Waals surface area contributed by atoms with E-state index in [1.54, 1.807) is 6.33 Å². The zero-order valence-corrected chi connectivity index (χ0v) is 21.6. The summed E-state index contributed by atoms with van der Waals surface area (Å²) in [4.78, 5) is 25.9. The molecule has 2 aromatic heterocycles. The van der Waals surface area contributed by atoms with Crippen molar-refractivity contribution in [2.24, 2.45) is 11.7 Å². The molecule has 8 heteroatoms. The predicted molar refractivity (Wildman–Crippen MR) is 141 cm³/mol. The zero-order chi connectivity index (χ0) is 23.8. The molecule has 1 amide bonds. The highest BCUT2D eigenvalue weighted by atomic mass is 35.5. The van der Waals surface area contributed by atoms with Crippen LogP contribution in [0.2, 0.25) is 0 Å². The van der Waals surface area contributed by atoms with E-state index in [1.807, 2.05) is 6.92 Å². The molecule has 35 heavy (non-hydrogen) atoms. The summed E-state index contributed by atoms with van der Waals surface area (Å²) >= 11 is 0. The number of aryl methyl sites for hydroxylation is 1. The molecule has 0 bridgehead atoms. The van der Waals surface area contributed by atoms with Gasteiger partial charge in [-0.15, -0.1) is 12.4 Å². The number of amides is 1. The lowest BCUT2D eigenvalue weighted by Crippen LogP contribution is -2.40. The Hall–Kier alpha value is -2.64. The highest BCUT2D eigenvalue weighted by Crippen LogP contribution is 2.38.